The Balaban J connectivity index is 2.12. The lowest BCUT2D eigenvalue weighted by Gasteiger charge is -2.15. The average molecular weight is 227 g/mol. The van der Waals surface area contributed by atoms with Gasteiger partial charge in [-0.3, -0.25) is 9.59 Å². The van der Waals surface area contributed by atoms with Gasteiger partial charge in [-0.05, 0) is 32.1 Å². The molecule has 1 amide bonds. The molecule has 0 saturated heterocycles. The number of rotatable bonds is 6. The van der Waals surface area contributed by atoms with Crippen molar-refractivity contribution in [2.75, 3.05) is 6.54 Å². The summed E-state index contributed by atoms with van der Waals surface area (Å²) in [5, 5.41) is 2.59. The van der Waals surface area contributed by atoms with Gasteiger partial charge in [0, 0.05) is 5.92 Å². The molecule has 16 heavy (non-hydrogen) atoms. The molecule has 1 saturated carbocycles. The highest BCUT2D eigenvalue weighted by Gasteiger charge is 2.29. The van der Waals surface area contributed by atoms with Gasteiger partial charge in [0.1, 0.15) is 6.54 Å². The van der Waals surface area contributed by atoms with Crippen molar-refractivity contribution >= 4 is 11.9 Å². The molecule has 0 spiro atoms. The molecular formula is C12H21NO3. The molecule has 1 aliphatic rings. The van der Waals surface area contributed by atoms with E-state index in [4.69, 9.17) is 4.74 Å². The maximum Gasteiger partial charge on any atom is 0.325 e. The van der Waals surface area contributed by atoms with Crippen LogP contribution in [0.5, 0.6) is 0 Å². The summed E-state index contributed by atoms with van der Waals surface area (Å²) in [5.41, 5.74) is 0. The predicted molar refractivity (Wildman–Crippen MR) is 60.7 cm³/mol. The first-order valence-electron chi connectivity index (χ1n) is 5.96. The minimum atomic E-state index is -0.345. The highest BCUT2D eigenvalue weighted by Crippen LogP contribution is 2.28. The van der Waals surface area contributed by atoms with E-state index < -0.39 is 0 Å². The Bertz CT molecular complexity index is 259. The van der Waals surface area contributed by atoms with Crippen LogP contribution in [0, 0.1) is 11.8 Å². The van der Waals surface area contributed by atoms with Crippen LogP contribution < -0.4 is 5.32 Å². The Labute approximate surface area is 96.7 Å². The van der Waals surface area contributed by atoms with Crippen LogP contribution in [0.2, 0.25) is 0 Å². The maximum absolute atomic E-state index is 11.3. The third kappa shape index (κ3) is 5.14. The zero-order chi connectivity index (χ0) is 12.1. The Morgan fingerprint density at radius 1 is 1.31 bits per heavy atom. The number of carbonyl (C=O) groups excluding carboxylic acids is 2. The van der Waals surface area contributed by atoms with Gasteiger partial charge in [-0.1, -0.05) is 13.8 Å². The standard InChI is InChI=1S/C12H21NO3/c1-8(2)6-9(3)16-11(14)7-13-12(15)10-4-5-10/h8-10H,4-7H2,1-3H3,(H,13,15)/t9-/m0/s1. The summed E-state index contributed by atoms with van der Waals surface area (Å²) in [4.78, 5) is 22.6. The summed E-state index contributed by atoms with van der Waals surface area (Å²) in [6.07, 6.45) is 2.67. The summed E-state index contributed by atoms with van der Waals surface area (Å²) in [5.74, 6) is 0.278. The predicted octanol–water partition coefficient (Wildman–Crippen LogP) is 1.49. The quantitative estimate of drug-likeness (QED) is 0.699. The van der Waals surface area contributed by atoms with Gasteiger partial charge in [0.2, 0.25) is 5.91 Å². The van der Waals surface area contributed by atoms with Crippen molar-refractivity contribution in [2.45, 2.75) is 46.1 Å². The first-order valence-corrected chi connectivity index (χ1v) is 5.96. The van der Waals surface area contributed by atoms with Crippen molar-refractivity contribution in [3.63, 3.8) is 0 Å². The first kappa shape index (κ1) is 13.0. The number of ether oxygens (including phenoxy) is 1. The van der Waals surface area contributed by atoms with Crippen LogP contribution in [0.4, 0.5) is 0 Å². The summed E-state index contributed by atoms with van der Waals surface area (Å²) in [7, 11) is 0. The zero-order valence-electron chi connectivity index (χ0n) is 10.3. The molecule has 1 aliphatic carbocycles. The fourth-order valence-corrected chi connectivity index (χ4v) is 1.63. The lowest BCUT2D eigenvalue weighted by atomic mass is 10.1. The monoisotopic (exact) mass is 227 g/mol. The van der Waals surface area contributed by atoms with Gasteiger partial charge in [0.15, 0.2) is 0 Å². The highest BCUT2D eigenvalue weighted by atomic mass is 16.5. The van der Waals surface area contributed by atoms with E-state index in [0.29, 0.717) is 5.92 Å². The minimum absolute atomic E-state index is 0.00221. The number of nitrogens with one attached hydrogen (secondary N) is 1. The number of esters is 1. The van der Waals surface area contributed by atoms with Crippen LogP contribution in [-0.4, -0.2) is 24.5 Å². The van der Waals surface area contributed by atoms with E-state index in [1.54, 1.807) is 0 Å². The second-order valence-electron chi connectivity index (χ2n) is 4.92. The molecule has 0 bridgehead atoms. The molecule has 0 aliphatic heterocycles. The van der Waals surface area contributed by atoms with Crippen LogP contribution in [0.3, 0.4) is 0 Å². The molecule has 1 fully saturated rings. The van der Waals surface area contributed by atoms with Crippen LogP contribution in [-0.2, 0) is 14.3 Å². The second kappa shape index (κ2) is 5.87. The molecule has 4 heteroatoms. The molecule has 4 nitrogen and oxygen atoms in total. The molecule has 0 heterocycles. The SMILES string of the molecule is CC(C)C[C@H](C)OC(=O)CNC(=O)C1CC1. The zero-order valence-corrected chi connectivity index (χ0v) is 10.3. The van der Waals surface area contributed by atoms with Crippen molar-refractivity contribution in [1.82, 2.24) is 5.32 Å². The summed E-state index contributed by atoms with van der Waals surface area (Å²) >= 11 is 0. The normalized spacial score (nSPS) is 17.0. The Morgan fingerprint density at radius 2 is 1.94 bits per heavy atom. The van der Waals surface area contributed by atoms with E-state index in [0.717, 1.165) is 19.3 Å². The van der Waals surface area contributed by atoms with Crippen LogP contribution >= 0.6 is 0 Å². The molecule has 1 rings (SSSR count). The highest BCUT2D eigenvalue weighted by molar-refractivity contribution is 5.84. The fourth-order valence-electron chi connectivity index (χ4n) is 1.63. The first-order chi connectivity index (χ1) is 7.49. The Morgan fingerprint density at radius 3 is 2.44 bits per heavy atom. The molecule has 0 radical (unpaired) electrons. The number of hydrogen-bond donors (Lipinski definition) is 1. The van der Waals surface area contributed by atoms with Gasteiger partial charge in [-0.2, -0.15) is 0 Å². The van der Waals surface area contributed by atoms with Crippen molar-refractivity contribution in [3.8, 4) is 0 Å². The van der Waals surface area contributed by atoms with E-state index in [9.17, 15) is 9.59 Å². The number of hydrogen-bond acceptors (Lipinski definition) is 3. The fraction of sp³-hybridized carbons (Fsp3) is 0.833. The average Bonchev–Trinajstić information content (AvgIpc) is 2.95. The maximum atomic E-state index is 11.3. The van der Waals surface area contributed by atoms with Crippen molar-refractivity contribution < 1.29 is 14.3 Å². The third-order valence-electron chi connectivity index (χ3n) is 2.49. The Kier molecular flexibility index (Phi) is 4.77. The summed E-state index contributed by atoms with van der Waals surface area (Å²) in [6, 6.07) is 0. The van der Waals surface area contributed by atoms with Crippen LogP contribution in [0.1, 0.15) is 40.0 Å². The smallest absolute Gasteiger partial charge is 0.325 e. The molecule has 0 aromatic carbocycles. The molecule has 1 N–H and O–H groups in total. The molecule has 92 valence electrons. The number of carbonyl (C=O) groups is 2. The van der Waals surface area contributed by atoms with E-state index >= 15 is 0 Å². The molecule has 0 aromatic heterocycles. The molecule has 1 atom stereocenters. The molecule has 0 aromatic rings. The lowest BCUT2D eigenvalue weighted by molar-refractivity contribution is -0.148. The second-order valence-corrected chi connectivity index (χ2v) is 4.92. The number of amides is 1. The van der Waals surface area contributed by atoms with E-state index in [-0.39, 0.29) is 30.4 Å². The lowest BCUT2D eigenvalue weighted by Crippen LogP contribution is -2.33. The van der Waals surface area contributed by atoms with Gasteiger partial charge in [-0.15, -0.1) is 0 Å². The van der Waals surface area contributed by atoms with Crippen molar-refractivity contribution in [1.29, 1.82) is 0 Å². The van der Waals surface area contributed by atoms with Gasteiger partial charge < -0.3 is 10.1 Å². The molecular weight excluding hydrogens is 206 g/mol. The van der Waals surface area contributed by atoms with E-state index in [1.807, 2.05) is 6.92 Å². The van der Waals surface area contributed by atoms with Gasteiger partial charge in [0.25, 0.3) is 0 Å². The molecule has 0 unspecified atom stereocenters. The minimum Gasteiger partial charge on any atom is -0.461 e. The van der Waals surface area contributed by atoms with Crippen molar-refractivity contribution in [3.05, 3.63) is 0 Å². The van der Waals surface area contributed by atoms with E-state index in [1.165, 1.54) is 0 Å². The van der Waals surface area contributed by atoms with Crippen LogP contribution in [0.25, 0.3) is 0 Å². The van der Waals surface area contributed by atoms with Crippen LogP contribution in [0.15, 0.2) is 0 Å². The van der Waals surface area contributed by atoms with E-state index in [2.05, 4.69) is 19.2 Å². The van der Waals surface area contributed by atoms with Gasteiger partial charge in [-0.25, -0.2) is 0 Å². The Hall–Kier alpha value is -1.06. The topological polar surface area (TPSA) is 55.4 Å². The van der Waals surface area contributed by atoms with Crippen molar-refractivity contribution in [2.24, 2.45) is 11.8 Å². The summed E-state index contributed by atoms with van der Waals surface area (Å²) < 4.78 is 5.16. The third-order valence-corrected chi connectivity index (χ3v) is 2.49. The summed E-state index contributed by atoms with van der Waals surface area (Å²) in [6.45, 7) is 6.04. The largest absolute Gasteiger partial charge is 0.461 e. The van der Waals surface area contributed by atoms with Gasteiger partial charge >= 0.3 is 5.97 Å². The van der Waals surface area contributed by atoms with Gasteiger partial charge in [0.05, 0.1) is 6.10 Å².